The minimum absolute atomic E-state index is 0.0538. The summed E-state index contributed by atoms with van der Waals surface area (Å²) in [4.78, 5) is 11.2. The third-order valence-corrected chi connectivity index (χ3v) is 1.89. The highest BCUT2D eigenvalue weighted by atomic mass is 16.2. The first-order valence-corrected chi connectivity index (χ1v) is 4.95. The van der Waals surface area contributed by atoms with Crippen molar-refractivity contribution in [3.05, 3.63) is 0 Å². The lowest BCUT2D eigenvalue weighted by atomic mass is 10.1. The summed E-state index contributed by atoms with van der Waals surface area (Å²) in [6.45, 7) is 3.40. The van der Waals surface area contributed by atoms with Crippen molar-refractivity contribution in [3.63, 3.8) is 0 Å². The highest BCUT2D eigenvalue weighted by Crippen LogP contribution is 1.93. The van der Waals surface area contributed by atoms with Crippen LogP contribution >= 0.6 is 0 Å². The molecule has 13 heavy (non-hydrogen) atoms. The van der Waals surface area contributed by atoms with Crippen molar-refractivity contribution < 1.29 is 4.79 Å². The summed E-state index contributed by atoms with van der Waals surface area (Å²) in [5.41, 5.74) is 10.9. The molecule has 0 aromatic rings. The second-order valence-corrected chi connectivity index (χ2v) is 3.18. The number of rotatable bonds is 7. The zero-order valence-corrected chi connectivity index (χ0v) is 8.38. The van der Waals surface area contributed by atoms with E-state index in [0.717, 1.165) is 25.8 Å². The van der Waals surface area contributed by atoms with Crippen molar-refractivity contribution in [3.8, 4) is 0 Å². The van der Waals surface area contributed by atoms with Crippen LogP contribution in [0.3, 0.4) is 0 Å². The minimum atomic E-state index is -0.389. The Bertz CT molecular complexity index is 139. The highest BCUT2D eigenvalue weighted by molar-refractivity contribution is 5.81. The van der Waals surface area contributed by atoms with Crippen molar-refractivity contribution in [2.24, 2.45) is 11.5 Å². The van der Waals surface area contributed by atoms with E-state index < -0.39 is 0 Å². The van der Waals surface area contributed by atoms with E-state index in [1.165, 1.54) is 0 Å². The second kappa shape index (κ2) is 8.01. The van der Waals surface area contributed by atoms with Gasteiger partial charge in [-0.3, -0.25) is 4.79 Å². The summed E-state index contributed by atoms with van der Waals surface area (Å²) in [7, 11) is 0. The van der Waals surface area contributed by atoms with Crippen LogP contribution in [0.2, 0.25) is 0 Å². The number of carbonyl (C=O) groups is 1. The molecule has 0 aromatic heterocycles. The van der Waals surface area contributed by atoms with Crippen LogP contribution in [0, 0.1) is 0 Å². The molecule has 1 atom stereocenters. The Balaban J connectivity index is 3.45. The fraction of sp³-hybridized carbons (Fsp3) is 0.889. The lowest BCUT2D eigenvalue weighted by Gasteiger charge is -2.10. The molecule has 0 bridgehead atoms. The first kappa shape index (κ1) is 12.4. The number of unbranched alkanes of at least 4 members (excludes halogenated alkanes) is 1. The summed E-state index contributed by atoms with van der Waals surface area (Å²) in [6.07, 6.45) is 3.57. The molecule has 4 nitrogen and oxygen atoms in total. The van der Waals surface area contributed by atoms with E-state index in [-0.39, 0.29) is 11.9 Å². The third-order valence-electron chi connectivity index (χ3n) is 1.89. The van der Waals surface area contributed by atoms with Gasteiger partial charge in [0.25, 0.3) is 0 Å². The maximum Gasteiger partial charge on any atom is 0.236 e. The second-order valence-electron chi connectivity index (χ2n) is 3.18. The van der Waals surface area contributed by atoms with Crippen LogP contribution in [0.1, 0.15) is 32.6 Å². The van der Waals surface area contributed by atoms with Crippen LogP contribution in [0.15, 0.2) is 0 Å². The predicted molar refractivity (Wildman–Crippen MR) is 54.2 cm³/mol. The van der Waals surface area contributed by atoms with Crippen LogP contribution in [0.4, 0.5) is 0 Å². The fourth-order valence-electron chi connectivity index (χ4n) is 0.988. The van der Waals surface area contributed by atoms with Gasteiger partial charge in [-0.05, 0) is 25.8 Å². The van der Waals surface area contributed by atoms with Crippen molar-refractivity contribution >= 4 is 5.91 Å². The molecular formula is C9H21N3O. The van der Waals surface area contributed by atoms with Crippen LogP contribution in [-0.4, -0.2) is 25.0 Å². The summed E-state index contributed by atoms with van der Waals surface area (Å²) in [5.74, 6) is -0.0538. The average Bonchev–Trinajstić information content (AvgIpc) is 2.14. The highest BCUT2D eigenvalue weighted by Gasteiger charge is 2.10. The summed E-state index contributed by atoms with van der Waals surface area (Å²) in [6, 6.07) is -0.389. The number of nitrogens with two attached hydrogens (primary N) is 2. The minimum Gasteiger partial charge on any atom is -0.355 e. The van der Waals surface area contributed by atoms with Crippen molar-refractivity contribution in [2.75, 3.05) is 13.1 Å². The number of carbonyl (C=O) groups excluding carboxylic acids is 1. The van der Waals surface area contributed by atoms with Crippen molar-refractivity contribution in [2.45, 2.75) is 38.6 Å². The maximum atomic E-state index is 11.2. The van der Waals surface area contributed by atoms with Gasteiger partial charge in [0.2, 0.25) is 5.91 Å². The van der Waals surface area contributed by atoms with Crippen LogP contribution in [0.5, 0.6) is 0 Å². The molecule has 0 rings (SSSR count). The lowest BCUT2D eigenvalue weighted by molar-refractivity contribution is -0.122. The summed E-state index contributed by atoms with van der Waals surface area (Å²) < 4.78 is 0. The Morgan fingerprint density at radius 1 is 1.46 bits per heavy atom. The van der Waals surface area contributed by atoms with Crippen molar-refractivity contribution in [1.29, 1.82) is 0 Å². The molecule has 4 heteroatoms. The van der Waals surface area contributed by atoms with Gasteiger partial charge in [0.05, 0.1) is 6.04 Å². The summed E-state index contributed by atoms with van der Waals surface area (Å²) in [5, 5.41) is 2.79. The molecule has 0 aliphatic rings. The van der Waals surface area contributed by atoms with E-state index in [9.17, 15) is 4.79 Å². The Morgan fingerprint density at radius 2 is 2.15 bits per heavy atom. The Labute approximate surface area is 80.0 Å². The molecule has 0 spiro atoms. The largest absolute Gasteiger partial charge is 0.355 e. The molecule has 78 valence electrons. The zero-order chi connectivity index (χ0) is 10.1. The normalized spacial score (nSPS) is 12.5. The van der Waals surface area contributed by atoms with Gasteiger partial charge in [0.1, 0.15) is 0 Å². The predicted octanol–water partition coefficient (Wildman–Crippen LogP) is -0.0311. The molecule has 0 saturated heterocycles. The molecule has 0 fully saturated rings. The van der Waals surface area contributed by atoms with E-state index in [4.69, 9.17) is 11.5 Å². The number of nitrogens with one attached hydrogen (secondary N) is 1. The molecule has 5 N–H and O–H groups in total. The SMILES string of the molecule is CCCCNC(=O)[C@H](N)CCCN. The van der Waals surface area contributed by atoms with E-state index >= 15 is 0 Å². The van der Waals surface area contributed by atoms with Crippen molar-refractivity contribution in [1.82, 2.24) is 5.32 Å². The molecule has 0 saturated carbocycles. The number of amides is 1. The van der Waals surface area contributed by atoms with Gasteiger partial charge >= 0.3 is 0 Å². The topological polar surface area (TPSA) is 81.1 Å². The molecule has 0 aromatic carbocycles. The van der Waals surface area contributed by atoms with Gasteiger partial charge in [-0.15, -0.1) is 0 Å². The third kappa shape index (κ3) is 6.54. The van der Waals surface area contributed by atoms with Gasteiger partial charge in [0.15, 0.2) is 0 Å². The first-order valence-electron chi connectivity index (χ1n) is 4.95. The Kier molecular flexibility index (Phi) is 7.63. The van der Waals surface area contributed by atoms with Crippen LogP contribution in [0.25, 0.3) is 0 Å². The first-order chi connectivity index (χ1) is 6.22. The zero-order valence-electron chi connectivity index (χ0n) is 8.38. The quantitative estimate of drug-likeness (QED) is 0.489. The monoisotopic (exact) mass is 187 g/mol. The Morgan fingerprint density at radius 3 is 2.69 bits per heavy atom. The van der Waals surface area contributed by atoms with E-state index in [1.807, 2.05) is 0 Å². The van der Waals surface area contributed by atoms with E-state index in [1.54, 1.807) is 0 Å². The fourth-order valence-corrected chi connectivity index (χ4v) is 0.988. The van der Waals surface area contributed by atoms with Crippen LogP contribution < -0.4 is 16.8 Å². The lowest BCUT2D eigenvalue weighted by Crippen LogP contribution is -2.41. The average molecular weight is 187 g/mol. The van der Waals surface area contributed by atoms with E-state index in [2.05, 4.69) is 12.2 Å². The van der Waals surface area contributed by atoms with Gasteiger partial charge in [-0.25, -0.2) is 0 Å². The Hall–Kier alpha value is -0.610. The van der Waals surface area contributed by atoms with Gasteiger partial charge in [-0.2, -0.15) is 0 Å². The standard InChI is InChI=1S/C9H21N3O/c1-2-3-7-12-9(13)8(11)5-4-6-10/h8H,2-7,10-11H2,1H3,(H,12,13)/t8-/m1/s1. The van der Waals surface area contributed by atoms with Gasteiger partial charge < -0.3 is 16.8 Å². The maximum absolute atomic E-state index is 11.2. The summed E-state index contributed by atoms with van der Waals surface area (Å²) >= 11 is 0. The van der Waals surface area contributed by atoms with Gasteiger partial charge in [0, 0.05) is 6.54 Å². The molecule has 0 aliphatic heterocycles. The molecular weight excluding hydrogens is 166 g/mol. The molecule has 1 amide bonds. The number of hydrogen-bond donors (Lipinski definition) is 3. The van der Waals surface area contributed by atoms with Gasteiger partial charge in [-0.1, -0.05) is 13.3 Å². The number of hydrogen-bond acceptors (Lipinski definition) is 3. The molecule has 0 aliphatic carbocycles. The van der Waals surface area contributed by atoms with E-state index in [0.29, 0.717) is 13.0 Å². The molecule has 0 radical (unpaired) electrons. The van der Waals surface area contributed by atoms with Crippen LogP contribution in [-0.2, 0) is 4.79 Å². The molecule has 0 heterocycles. The smallest absolute Gasteiger partial charge is 0.236 e. The molecule has 0 unspecified atom stereocenters.